The van der Waals surface area contributed by atoms with E-state index in [9.17, 15) is 0 Å². The van der Waals surface area contributed by atoms with Crippen LogP contribution in [0.25, 0.3) is 0 Å². The van der Waals surface area contributed by atoms with E-state index in [-0.39, 0.29) is 0 Å². The molecule has 0 bridgehead atoms. The minimum Gasteiger partial charge on any atom is -0.356 e. The van der Waals surface area contributed by atoms with Crippen LogP contribution in [-0.2, 0) is 6.42 Å². The van der Waals surface area contributed by atoms with Crippen molar-refractivity contribution in [2.75, 3.05) is 18.0 Å². The number of rotatable bonds is 3. The summed E-state index contributed by atoms with van der Waals surface area (Å²) in [4.78, 5) is 11.2. The van der Waals surface area contributed by atoms with E-state index in [1.165, 1.54) is 0 Å². The summed E-state index contributed by atoms with van der Waals surface area (Å²) in [6, 6.07) is 1.88. The quantitative estimate of drug-likeness (QED) is 0.775. The Bertz CT molecular complexity index is 384. The van der Waals surface area contributed by atoms with Gasteiger partial charge in [0.25, 0.3) is 0 Å². The van der Waals surface area contributed by atoms with Gasteiger partial charge in [-0.2, -0.15) is 0 Å². The fourth-order valence-corrected chi connectivity index (χ4v) is 2.46. The highest BCUT2D eigenvalue weighted by Gasteiger charge is 2.27. The highest BCUT2D eigenvalue weighted by molar-refractivity contribution is 6.29. The van der Waals surface area contributed by atoms with Crippen LogP contribution in [0.3, 0.4) is 0 Å². The van der Waals surface area contributed by atoms with Crippen LogP contribution in [0.1, 0.15) is 33.0 Å². The van der Waals surface area contributed by atoms with Gasteiger partial charge in [0, 0.05) is 25.6 Å². The second kappa shape index (κ2) is 5.21. The molecule has 2 unspecified atom stereocenters. The monoisotopic (exact) mass is 253 g/mol. The molecule has 3 nitrogen and oxygen atoms in total. The summed E-state index contributed by atoms with van der Waals surface area (Å²) < 4.78 is 0. The summed E-state index contributed by atoms with van der Waals surface area (Å²) in [5.74, 6) is 3.29. The molecular formula is C13H20ClN3. The van der Waals surface area contributed by atoms with E-state index < -0.39 is 0 Å². The molecule has 0 spiro atoms. The van der Waals surface area contributed by atoms with E-state index in [2.05, 4.69) is 35.6 Å². The zero-order chi connectivity index (χ0) is 12.4. The highest BCUT2D eigenvalue weighted by Crippen LogP contribution is 2.27. The molecule has 1 aromatic rings. The van der Waals surface area contributed by atoms with Crippen LogP contribution in [0.2, 0.25) is 5.15 Å². The van der Waals surface area contributed by atoms with Crippen molar-refractivity contribution in [1.82, 2.24) is 9.97 Å². The fraction of sp³-hybridized carbons (Fsp3) is 0.692. The van der Waals surface area contributed by atoms with Gasteiger partial charge in [0.05, 0.1) is 0 Å². The van der Waals surface area contributed by atoms with E-state index in [0.717, 1.165) is 49.4 Å². The van der Waals surface area contributed by atoms with Gasteiger partial charge in [-0.25, -0.2) is 9.97 Å². The van der Waals surface area contributed by atoms with E-state index in [0.29, 0.717) is 5.15 Å². The van der Waals surface area contributed by atoms with Gasteiger partial charge in [-0.3, -0.25) is 0 Å². The minimum atomic E-state index is 0.561. The maximum Gasteiger partial charge on any atom is 0.134 e. The predicted octanol–water partition coefficient (Wildman–Crippen LogP) is 3.17. The average Bonchev–Trinajstić information content (AvgIpc) is 2.59. The lowest BCUT2D eigenvalue weighted by Crippen LogP contribution is -2.21. The van der Waals surface area contributed by atoms with Crippen molar-refractivity contribution in [3.05, 3.63) is 17.0 Å². The van der Waals surface area contributed by atoms with Crippen LogP contribution in [0.5, 0.6) is 0 Å². The molecule has 1 aliphatic heterocycles. The van der Waals surface area contributed by atoms with Crippen molar-refractivity contribution < 1.29 is 0 Å². The van der Waals surface area contributed by atoms with Crippen LogP contribution in [0, 0.1) is 11.8 Å². The number of hydrogen-bond acceptors (Lipinski definition) is 3. The molecule has 1 fully saturated rings. The van der Waals surface area contributed by atoms with E-state index in [4.69, 9.17) is 11.6 Å². The van der Waals surface area contributed by atoms with Gasteiger partial charge in [0.1, 0.15) is 16.8 Å². The largest absolute Gasteiger partial charge is 0.356 e. The third-order valence-corrected chi connectivity index (χ3v) is 3.71. The van der Waals surface area contributed by atoms with E-state index in [1.807, 2.05) is 6.07 Å². The molecule has 0 aromatic carbocycles. The van der Waals surface area contributed by atoms with Gasteiger partial charge in [-0.15, -0.1) is 0 Å². The zero-order valence-electron chi connectivity index (χ0n) is 10.8. The molecule has 2 atom stereocenters. The predicted molar refractivity (Wildman–Crippen MR) is 71.6 cm³/mol. The molecular weight excluding hydrogens is 234 g/mol. The maximum atomic E-state index is 6.06. The maximum absolute atomic E-state index is 6.06. The van der Waals surface area contributed by atoms with Crippen molar-refractivity contribution in [3.8, 4) is 0 Å². The topological polar surface area (TPSA) is 29.0 Å². The molecule has 2 heterocycles. The highest BCUT2D eigenvalue weighted by atomic mass is 35.5. The fourth-order valence-electron chi connectivity index (χ4n) is 2.27. The standard InChI is InChI=1S/C13H20ClN3/c1-4-5-12-15-11(14)6-13(16-12)17-7-9(2)10(3)8-17/h6,9-10H,4-5,7-8H2,1-3H3. The molecule has 17 heavy (non-hydrogen) atoms. The first-order chi connectivity index (χ1) is 8.10. The lowest BCUT2D eigenvalue weighted by Gasteiger charge is -2.17. The summed E-state index contributed by atoms with van der Waals surface area (Å²) >= 11 is 6.06. The molecule has 0 N–H and O–H groups in total. The summed E-state index contributed by atoms with van der Waals surface area (Å²) in [5, 5.41) is 0.561. The Balaban J connectivity index is 2.20. The minimum absolute atomic E-state index is 0.561. The van der Waals surface area contributed by atoms with Gasteiger partial charge in [-0.1, -0.05) is 32.4 Å². The van der Waals surface area contributed by atoms with Crippen LogP contribution in [0.4, 0.5) is 5.82 Å². The Morgan fingerprint density at radius 1 is 1.29 bits per heavy atom. The first kappa shape index (κ1) is 12.6. The van der Waals surface area contributed by atoms with E-state index in [1.54, 1.807) is 0 Å². The van der Waals surface area contributed by atoms with Crippen LogP contribution in [-0.4, -0.2) is 23.1 Å². The number of aryl methyl sites for hydroxylation is 1. The molecule has 4 heteroatoms. The summed E-state index contributed by atoms with van der Waals surface area (Å²) in [6.07, 6.45) is 1.94. The van der Waals surface area contributed by atoms with Crippen molar-refractivity contribution in [1.29, 1.82) is 0 Å². The molecule has 1 aromatic heterocycles. The van der Waals surface area contributed by atoms with Gasteiger partial charge in [0.15, 0.2) is 0 Å². The second-order valence-electron chi connectivity index (χ2n) is 5.07. The van der Waals surface area contributed by atoms with Crippen LogP contribution >= 0.6 is 11.6 Å². The molecule has 94 valence electrons. The SMILES string of the molecule is CCCc1nc(Cl)cc(N2CC(C)C(C)C2)n1. The van der Waals surface area contributed by atoms with Gasteiger partial charge in [0.2, 0.25) is 0 Å². The van der Waals surface area contributed by atoms with Crippen molar-refractivity contribution >= 4 is 17.4 Å². The normalized spacial score (nSPS) is 24.4. The Morgan fingerprint density at radius 3 is 2.53 bits per heavy atom. The lowest BCUT2D eigenvalue weighted by atomic mass is 10.0. The summed E-state index contributed by atoms with van der Waals surface area (Å²) in [6.45, 7) is 8.85. The molecule has 0 aliphatic carbocycles. The van der Waals surface area contributed by atoms with Crippen molar-refractivity contribution in [2.24, 2.45) is 11.8 Å². The van der Waals surface area contributed by atoms with Gasteiger partial charge in [-0.05, 0) is 18.3 Å². The molecule has 0 saturated carbocycles. The third-order valence-electron chi connectivity index (χ3n) is 3.51. The Labute approximate surface area is 108 Å². The Morgan fingerprint density at radius 2 is 1.94 bits per heavy atom. The summed E-state index contributed by atoms with van der Waals surface area (Å²) in [7, 11) is 0. The first-order valence-electron chi connectivity index (χ1n) is 6.38. The molecule has 2 rings (SSSR count). The van der Waals surface area contributed by atoms with Crippen molar-refractivity contribution in [3.63, 3.8) is 0 Å². The smallest absolute Gasteiger partial charge is 0.134 e. The number of halogens is 1. The number of nitrogens with zero attached hydrogens (tertiary/aromatic N) is 3. The van der Waals surface area contributed by atoms with Crippen LogP contribution in [0.15, 0.2) is 6.07 Å². The van der Waals surface area contributed by atoms with Crippen molar-refractivity contribution in [2.45, 2.75) is 33.6 Å². The molecule has 0 amide bonds. The Kier molecular flexibility index (Phi) is 3.87. The second-order valence-corrected chi connectivity index (χ2v) is 5.46. The van der Waals surface area contributed by atoms with Gasteiger partial charge >= 0.3 is 0 Å². The third kappa shape index (κ3) is 2.89. The average molecular weight is 254 g/mol. The molecule has 0 radical (unpaired) electrons. The van der Waals surface area contributed by atoms with Crippen LogP contribution < -0.4 is 4.90 Å². The zero-order valence-corrected chi connectivity index (χ0v) is 11.5. The first-order valence-corrected chi connectivity index (χ1v) is 6.76. The van der Waals surface area contributed by atoms with E-state index >= 15 is 0 Å². The number of hydrogen-bond donors (Lipinski definition) is 0. The summed E-state index contributed by atoms with van der Waals surface area (Å²) in [5.41, 5.74) is 0. The van der Waals surface area contributed by atoms with Gasteiger partial charge < -0.3 is 4.90 Å². The Hall–Kier alpha value is -0.830. The molecule has 1 saturated heterocycles. The lowest BCUT2D eigenvalue weighted by molar-refractivity contribution is 0.494. The molecule has 1 aliphatic rings. The number of aromatic nitrogens is 2. The number of anilines is 1.